The van der Waals surface area contributed by atoms with Crippen LogP contribution in [0.2, 0.25) is 0 Å². The lowest BCUT2D eigenvalue weighted by Gasteiger charge is -2.38. The van der Waals surface area contributed by atoms with Crippen molar-refractivity contribution in [3.63, 3.8) is 0 Å². The molecular weight excluding hydrogens is 408 g/mol. The van der Waals surface area contributed by atoms with Crippen LogP contribution in [0, 0.1) is 6.92 Å². The lowest BCUT2D eigenvalue weighted by atomic mass is 10.0. The first-order chi connectivity index (χ1) is 15.5. The van der Waals surface area contributed by atoms with Crippen molar-refractivity contribution in [2.24, 2.45) is 0 Å². The van der Waals surface area contributed by atoms with Gasteiger partial charge in [-0.1, -0.05) is 30.3 Å². The molecule has 0 radical (unpaired) electrons. The van der Waals surface area contributed by atoms with Gasteiger partial charge in [-0.15, -0.1) is 0 Å². The minimum absolute atomic E-state index is 0.0636. The number of piperazine rings is 1. The summed E-state index contributed by atoms with van der Waals surface area (Å²) in [5, 5.41) is 5.54. The molecule has 2 aliphatic rings. The maximum Gasteiger partial charge on any atom is 0.309 e. The van der Waals surface area contributed by atoms with Gasteiger partial charge in [-0.3, -0.25) is 14.5 Å². The fraction of sp³-hybridized carbons (Fsp3) is 0.417. The van der Waals surface area contributed by atoms with Gasteiger partial charge in [-0.05, 0) is 42.8 Å². The summed E-state index contributed by atoms with van der Waals surface area (Å²) >= 11 is 0. The number of benzene rings is 2. The van der Waals surface area contributed by atoms with Crippen LogP contribution in [0.4, 0.5) is 0 Å². The lowest BCUT2D eigenvalue weighted by molar-refractivity contribution is -0.139. The second-order valence-corrected chi connectivity index (χ2v) is 8.29. The second-order valence-electron chi connectivity index (χ2n) is 8.29. The van der Waals surface area contributed by atoms with E-state index in [1.807, 2.05) is 49.4 Å². The van der Waals surface area contributed by atoms with Crippen molar-refractivity contribution in [3.05, 3.63) is 59.2 Å². The molecular formula is C24H30N4O4. The highest BCUT2D eigenvalue weighted by atomic mass is 16.7. The number of amides is 2. The summed E-state index contributed by atoms with van der Waals surface area (Å²) < 4.78 is 11.0. The van der Waals surface area contributed by atoms with Gasteiger partial charge >= 0.3 is 11.8 Å². The molecule has 0 spiro atoms. The fourth-order valence-corrected chi connectivity index (χ4v) is 4.05. The van der Waals surface area contributed by atoms with Crippen molar-refractivity contribution in [1.82, 2.24) is 20.4 Å². The highest BCUT2D eigenvalue weighted by molar-refractivity contribution is 6.35. The SMILES string of the molecule is Cc1ccccc1CNC(=O)C(=O)NC[C@H](c1ccc2c(c1)OCO2)N1CCN(C)CC1. The number of rotatable bonds is 6. The number of aryl methyl sites for hydroxylation is 1. The van der Waals surface area contributed by atoms with Crippen LogP contribution in [0.1, 0.15) is 22.7 Å². The molecule has 170 valence electrons. The summed E-state index contributed by atoms with van der Waals surface area (Å²) in [7, 11) is 2.10. The van der Waals surface area contributed by atoms with Gasteiger partial charge in [0.05, 0.1) is 6.04 Å². The molecule has 0 saturated carbocycles. The van der Waals surface area contributed by atoms with E-state index in [4.69, 9.17) is 9.47 Å². The first-order valence-corrected chi connectivity index (χ1v) is 10.9. The predicted octanol–water partition coefficient (Wildman–Crippen LogP) is 1.44. The Hall–Kier alpha value is -3.10. The van der Waals surface area contributed by atoms with Gasteiger partial charge in [0.1, 0.15) is 0 Å². The summed E-state index contributed by atoms with van der Waals surface area (Å²) in [6.45, 7) is 6.51. The number of hydrogen-bond donors (Lipinski definition) is 2. The maximum absolute atomic E-state index is 12.5. The number of carbonyl (C=O) groups excluding carboxylic acids is 2. The molecule has 1 saturated heterocycles. The van der Waals surface area contributed by atoms with E-state index in [0.29, 0.717) is 18.8 Å². The Balaban J connectivity index is 1.40. The highest BCUT2D eigenvalue weighted by Crippen LogP contribution is 2.35. The Morgan fingerprint density at radius 3 is 2.47 bits per heavy atom. The first kappa shape index (κ1) is 22.1. The normalized spacial score (nSPS) is 17.1. The molecule has 1 atom stereocenters. The molecule has 2 aromatic carbocycles. The molecule has 0 unspecified atom stereocenters. The van der Waals surface area contributed by atoms with Crippen LogP contribution in [0.15, 0.2) is 42.5 Å². The molecule has 0 aromatic heterocycles. The third kappa shape index (κ3) is 5.20. The van der Waals surface area contributed by atoms with Gasteiger partial charge in [0, 0.05) is 39.3 Å². The quantitative estimate of drug-likeness (QED) is 0.665. The Kier molecular flexibility index (Phi) is 6.92. The third-order valence-corrected chi connectivity index (χ3v) is 6.12. The summed E-state index contributed by atoms with van der Waals surface area (Å²) in [6.07, 6.45) is 0. The van der Waals surface area contributed by atoms with Crippen LogP contribution in [0.25, 0.3) is 0 Å². The van der Waals surface area contributed by atoms with Gasteiger partial charge in [-0.2, -0.15) is 0 Å². The van der Waals surface area contributed by atoms with E-state index in [1.165, 1.54) is 0 Å². The van der Waals surface area contributed by atoms with Crippen molar-refractivity contribution in [3.8, 4) is 11.5 Å². The van der Waals surface area contributed by atoms with Gasteiger partial charge < -0.3 is 25.0 Å². The molecule has 8 nitrogen and oxygen atoms in total. The van der Waals surface area contributed by atoms with Crippen LogP contribution in [-0.4, -0.2) is 68.2 Å². The molecule has 2 aromatic rings. The standard InChI is InChI=1S/C24H30N4O4/c1-17-5-3-4-6-19(17)14-25-23(29)24(30)26-15-20(28-11-9-27(2)10-12-28)18-7-8-21-22(13-18)32-16-31-21/h3-8,13,20H,9-12,14-16H2,1-2H3,(H,25,29)(H,26,30)/t20-/m1/s1. The molecule has 0 aliphatic carbocycles. The Morgan fingerprint density at radius 1 is 0.969 bits per heavy atom. The Morgan fingerprint density at radius 2 is 1.69 bits per heavy atom. The van der Waals surface area contributed by atoms with Crippen LogP contribution in [0.5, 0.6) is 11.5 Å². The van der Waals surface area contributed by atoms with E-state index in [1.54, 1.807) is 0 Å². The number of carbonyl (C=O) groups is 2. The zero-order chi connectivity index (χ0) is 22.5. The number of hydrogen-bond acceptors (Lipinski definition) is 6. The second kappa shape index (κ2) is 10.0. The van der Waals surface area contributed by atoms with Gasteiger partial charge in [0.25, 0.3) is 0 Å². The largest absolute Gasteiger partial charge is 0.454 e. The zero-order valence-electron chi connectivity index (χ0n) is 18.6. The summed E-state index contributed by atoms with van der Waals surface area (Å²) in [5.41, 5.74) is 3.09. The van der Waals surface area contributed by atoms with Crippen molar-refractivity contribution in [2.45, 2.75) is 19.5 Å². The number of likely N-dealkylation sites (N-methyl/N-ethyl adjacent to an activating group) is 1. The number of ether oxygens (including phenoxy) is 2. The smallest absolute Gasteiger partial charge is 0.309 e. The number of nitrogens with one attached hydrogen (secondary N) is 2. The van der Waals surface area contributed by atoms with Crippen LogP contribution in [0.3, 0.4) is 0 Å². The first-order valence-electron chi connectivity index (χ1n) is 10.9. The van der Waals surface area contributed by atoms with Crippen molar-refractivity contribution < 1.29 is 19.1 Å². The number of nitrogens with zero attached hydrogens (tertiary/aromatic N) is 2. The molecule has 0 bridgehead atoms. The molecule has 2 amide bonds. The van der Waals surface area contributed by atoms with Crippen molar-refractivity contribution >= 4 is 11.8 Å². The van der Waals surface area contributed by atoms with Gasteiger partial charge in [-0.25, -0.2) is 0 Å². The van der Waals surface area contributed by atoms with Crippen LogP contribution >= 0.6 is 0 Å². The van der Waals surface area contributed by atoms with E-state index < -0.39 is 11.8 Å². The molecule has 1 fully saturated rings. The van der Waals surface area contributed by atoms with E-state index in [9.17, 15) is 9.59 Å². The summed E-state index contributed by atoms with van der Waals surface area (Å²) in [5.74, 6) is 0.184. The number of fused-ring (bicyclic) bond motifs is 1. The highest BCUT2D eigenvalue weighted by Gasteiger charge is 2.27. The minimum Gasteiger partial charge on any atom is -0.454 e. The van der Waals surface area contributed by atoms with E-state index >= 15 is 0 Å². The Bertz CT molecular complexity index is 972. The molecule has 4 rings (SSSR count). The Labute approximate surface area is 188 Å². The molecule has 32 heavy (non-hydrogen) atoms. The van der Waals surface area contributed by atoms with Crippen molar-refractivity contribution in [2.75, 3.05) is 46.6 Å². The molecule has 8 heteroatoms. The zero-order valence-corrected chi connectivity index (χ0v) is 18.6. The van der Waals surface area contributed by atoms with E-state index in [-0.39, 0.29) is 12.8 Å². The van der Waals surface area contributed by atoms with Crippen molar-refractivity contribution in [1.29, 1.82) is 0 Å². The topological polar surface area (TPSA) is 83.1 Å². The van der Waals surface area contributed by atoms with E-state index in [2.05, 4.69) is 27.5 Å². The summed E-state index contributed by atoms with van der Waals surface area (Å²) in [4.78, 5) is 29.5. The average molecular weight is 439 g/mol. The van der Waals surface area contributed by atoms with Gasteiger partial charge in [0.2, 0.25) is 6.79 Å². The van der Waals surface area contributed by atoms with Crippen LogP contribution in [-0.2, 0) is 16.1 Å². The monoisotopic (exact) mass is 438 g/mol. The molecule has 2 heterocycles. The third-order valence-electron chi connectivity index (χ3n) is 6.12. The molecule has 2 N–H and O–H groups in total. The molecule has 2 aliphatic heterocycles. The van der Waals surface area contributed by atoms with Crippen LogP contribution < -0.4 is 20.1 Å². The van der Waals surface area contributed by atoms with E-state index in [0.717, 1.165) is 48.6 Å². The average Bonchev–Trinajstić information content (AvgIpc) is 3.27. The van der Waals surface area contributed by atoms with Gasteiger partial charge in [0.15, 0.2) is 11.5 Å². The summed E-state index contributed by atoms with van der Waals surface area (Å²) in [6, 6.07) is 13.6. The predicted molar refractivity (Wildman–Crippen MR) is 120 cm³/mol. The minimum atomic E-state index is -0.629. The fourth-order valence-electron chi connectivity index (χ4n) is 4.05. The lowest BCUT2D eigenvalue weighted by Crippen LogP contribution is -2.49. The maximum atomic E-state index is 12.5.